The number of rotatable bonds is 6. The summed E-state index contributed by atoms with van der Waals surface area (Å²) in [5.74, 6) is -0.0799. The van der Waals surface area contributed by atoms with Crippen LogP contribution in [0.3, 0.4) is 0 Å². The Morgan fingerprint density at radius 2 is 2.05 bits per heavy atom. The Hall–Kier alpha value is -1.35. The standard InChI is InChI=1S/C12H13N3O2S3/c13-12(18)10-3-1-9(2-4-10)7-20(16,17)15-6-11-5-14-8-19-11/h1-5,8,15H,6-7H2,(H2,13,18). The van der Waals surface area contributed by atoms with E-state index in [0.29, 0.717) is 10.6 Å². The van der Waals surface area contributed by atoms with E-state index < -0.39 is 10.0 Å². The number of nitrogens with zero attached hydrogens (tertiary/aromatic N) is 1. The summed E-state index contributed by atoms with van der Waals surface area (Å²) in [6.45, 7) is 0.262. The van der Waals surface area contributed by atoms with Crippen molar-refractivity contribution in [3.63, 3.8) is 0 Å². The Kier molecular flexibility index (Phi) is 4.81. The summed E-state index contributed by atoms with van der Waals surface area (Å²) in [6.07, 6.45) is 1.64. The van der Waals surface area contributed by atoms with Crippen LogP contribution in [0.15, 0.2) is 36.0 Å². The molecule has 2 aromatic rings. The van der Waals surface area contributed by atoms with Crippen molar-refractivity contribution in [1.82, 2.24) is 9.71 Å². The maximum Gasteiger partial charge on any atom is 0.216 e. The lowest BCUT2D eigenvalue weighted by Crippen LogP contribution is -2.24. The first-order valence-corrected chi connectivity index (χ1v) is 8.64. The van der Waals surface area contributed by atoms with E-state index in [4.69, 9.17) is 18.0 Å². The predicted molar refractivity (Wildman–Crippen MR) is 83.9 cm³/mol. The van der Waals surface area contributed by atoms with E-state index in [-0.39, 0.29) is 12.3 Å². The van der Waals surface area contributed by atoms with Crippen LogP contribution in [0, 0.1) is 0 Å². The Balaban J connectivity index is 1.98. The fourth-order valence-electron chi connectivity index (χ4n) is 1.55. The second kappa shape index (κ2) is 6.40. The molecule has 20 heavy (non-hydrogen) atoms. The molecule has 8 heteroatoms. The van der Waals surface area contributed by atoms with Crippen LogP contribution in [-0.2, 0) is 22.3 Å². The van der Waals surface area contributed by atoms with Crippen molar-refractivity contribution in [2.45, 2.75) is 12.3 Å². The molecule has 1 heterocycles. The van der Waals surface area contributed by atoms with Gasteiger partial charge >= 0.3 is 0 Å². The highest BCUT2D eigenvalue weighted by molar-refractivity contribution is 7.88. The lowest BCUT2D eigenvalue weighted by Gasteiger charge is -2.06. The summed E-state index contributed by atoms with van der Waals surface area (Å²) in [5, 5.41) is 0. The van der Waals surface area contributed by atoms with Crippen molar-refractivity contribution in [3.8, 4) is 0 Å². The van der Waals surface area contributed by atoms with E-state index in [9.17, 15) is 8.42 Å². The van der Waals surface area contributed by atoms with E-state index in [0.717, 1.165) is 10.4 Å². The molecular formula is C12H13N3O2S3. The van der Waals surface area contributed by atoms with Crippen molar-refractivity contribution in [2.75, 3.05) is 0 Å². The summed E-state index contributed by atoms with van der Waals surface area (Å²) in [4.78, 5) is 5.06. The maximum absolute atomic E-state index is 11.9. The maximum atomic E-state index is 11.9. The average Bonchev–Trinajstić information content (AvgIpc) is 2.90. The molecule has 5 nitrogen and oxygen atoms in total. The number of benzene rings is 1. The molecule has 0 saturated heterocycles. The van der Waals surface area contributed by atoms with E-state index in [1.807, 2.05) is 0 Å². The van der Waals surface area contributed by atoms with Crippen molar-refractivity contribution in [3.05, 3.63) is 52.0 Å². The molecule has 0 fully saturated rings. The van der Waals surface area contributed by atoms with Gasteiger partial charge in [0.25, 0.3) is 0 Å². The first kappa shape index (κ1) is 15.0. The molecule has 1 aromatic heterocycles. The van der Waals surface area contributed by atoms with E-state index in [1.54, 1.807) is 36.0 Å². The van der Waals surface area contributed by atoms with Gasteiger partial charge in [0.1, 0.15) is 4.99 Å². The van der Waals surface area contributed by atoms with Gasteiger partial charge in [-0.3, -0.25) is 4.98 Å². The van der Waals surface area contributed by atoms with Gasteiger partial charge in [0.05, 0.1) is 11.3 Å². The third-order valence-corrected chi connectivity index (χ3v) is 4.86. The molecule has 0 aliphatic rings. The largest absolute Gasteiger partial charge is 0.389 e. The lowest BCUT2D eigenvalue weighted by atomic mass is 10.1. The number of sulfonamides is 1. The molecule has 0 aliphatic heterocycles. The molecule has 0 unspecified atom stereocenters. The quantitative estimate of drug-likeness (QED) is 0.783. The predicted octanol–water partition coefficient (Wildman–Crippen LogP) is 1.40. The fraction of sp³-hybridized carbons (Fsp3) is 0.167. The highest BCUT2D eigenvalue weighted by Gasteiger charge is 2.12. The zero-order valence-corrected chi connectivity index (χ0v) is 12.9. The number of hydrogen-bond acceptors (Lipinski definition) is 5. The summed E-state index contributed by atoms with van der Waals surface area (Å²) >= 11 is 6.25. The van der Waals surface area contributed by atoms with Crippen LogP contribution >= 0.6 is 23.6 Å². The zero-order valence-electron chi connectivity index (χ0n) is 10.4. The fourth-order valence-corrected chi connectivity index (χ4v) is 3.42. The smallest absolute Gasteiger partial charge is 0.216 e. The third-order valence-electron chi connectivity index (χ3n) is 2.54. The van der Waals surface area contributed by atoms with Gasteiger partial charge in [-0.1, -0.05) is 36.5 Å². The number of nitrogens with two attached hydrogens (primary N) is 1. The van der Waals surface area contributed by atoms with Crippen molar-refractivity contribution < 1.29 is 8.42 Å². The Labute approximate surface area is 126 Å². The SMILES string of the molecule is NC(=S)c1ccc(CS(=O)(=O)NCc2cncs2)cc1. The molecule has 0 bridgehead atoms. The van der Waals surface area contributed by atoms with Gasteiger partial charge in [-0.25, -0.2) is 13.1 Å². The third kappa shape index (κ3) is 4.34. The molecule has 0 radical (unpaired) electrons. The number of aromatic nitrogens is 1. The monoisotopic (exact) mass is 327 g/mol. The van der Waals surface area contributed by atoms with Crippen molar-refractivity contribution in [2.24, 2.45) is 5.73 Å². The van der Waals surface area contributed by atoms with Crippen LogP contribution in [0.2, 0.25) is 0 Å². The molecule has 0 amide bonds. The number of thiocarbonyl (C=S) groups is 1. The van der Waals surface area contributed by atoms with Crippen LogP contribution in [-0.4, -0.2) is 18.4 Å². The number of thiazole rings is 1. The minimum absolute atomic E-state index is 0.0799. The number of nitrogens with one attached hydrogen (secondary N) is 1. The Morgan fingerprint density at radius 3 is 2.60 bits per heavy atom. The van der Waals surface area contributed by atoms with Crippen molar-refractivity contribution >= 4 is 38.6 Å². The summed E-state index contributed by atoms with van der Waals surface area (Å²) in [6, 6.07) is 6.85. The number of hydrogen-bond donors (Lipinski definition) is 2. The first-order valence-electron chi connectivity index (χ1n) is 5.70. The topological polar surface area (TPSA) is 85.1 Å². The van der Waals surface area contributed by atoms with Gasteiger partial charge in [0, 0.05) is 23.2 Å². The zero-order chi connectivity index (χ0) is 14.6. The van der Waals surface area contributed by atoms with Crippen LogP contribution in [0.4, 0.5) is 0 Å². The van der Waals surface area contributed by atoms with Gasteiger partial charge < -0.3 is 5.73 Å². The first-order chi connectivity index (χ1) is 9.46. The van der Waals surface area contributed by atoms with E-state index in [2.05, 4.69) is 9.71 Å². The molecular weight excluding hydrogens is 314 g/mol. The normalized spacial score (nSPS) is 11.4. The van der Waals surface area contributed by atoms with Gasteiger partial charge in [-0.15, -0.1) is 11.3 Å². The molecule has 2 rings (SSSR count). The summed E-state index contributed by atoms with van der Waals surface area (Å²) < 4.78 is 26.4. The Bertz CT molecular complexity index is 679. The van der Waals surface area contributed by atoms with Crippen LogP contribution in [0.5, 0.6) is 0 Å². The molecule has 0 aliphatic carbocycles. The van der Waals surface area contributed by atoms with Crippen LogP contribution < -0.4 is 10.5 Å². The lowest BCUT2D eigenvalue weighted by molar-refractivity contribution is 0.581. The minimum Gasteiger partial charge on any atom is -0.389 e. The average molecular weight is 327 g/mol. The van der Waals surface area contributed by atoms with Crippen LogP contribution in [0.25, 0.3) is 0 Å². The van der Waals surface area contributed by atoms with Gasteiger partial charge in [-0.05, 0) is 5.56 Å². The van der Waals surface area contributed by atoms with Crippen molar-refractivity contribution in [1.29, 1.82) is 0 Å². The molecule has 3 N–H and O–H groups in total. The summed E-state index contributed by atoms with van der Waals surface area (Å²) in [5.41, 5.74) is 8.56. The summed E-state index contributed by atoms with van der Waals surface area (Å²) in [7, 11) is -3.38. The van der Waals surface area contributed by atoms with Gasteiger partial charge in [0.2, 0.25) is 10.0 Å². The van der Waals surface area contributed by atoms with Crippen LogP contribution in [0.1, 0.15) is 16.0 Å². The molecule has 0 saturated carbocycles. The minimum atomic E-state index is -3.38. The Morgan fingerprint density at radius 1 is 1.35 bits per heavy atom. The molecule has 0 spiro atoms. The second-order valence-corrected chi connectivity index (χ2v) is 7.33. The molecule has 106 valence electrons. The molecule has 0 atom stereocenters. The highest BCUT2D eigenvalue weighted by atomic mass is 32.2. The highest BCUT2D eigenvalue weighted by Crippen LogP contribution is 2.10. The molecule has 1 aromatic carbocycles. The van der Waals surface area contributed by atoms with E-state index in [1.165, 1.54) is 11.3 Å². The van der Waals surface area contributed by atoms with Gasteiger partial charge in [0.15, 0.2) is 0 Å². The van der Waals surface area contributed by atoms with Gasteiger partial charge in [-0.2, -0.15) is 0 Å². The second-order valence-electron chi connectivity index (χ2n) is 4.11. The van der Waals surface area contributed by atoms with E-state index >= 15 is 0 Å².